The normalized spacial score (nSPS) is 20.2. The molecule has 2 heterocycles. The largest absolute Gasteiger partial charge is 0.374 e. The van der Waals surface area contributed by atoms with Crippen molar-refractivity contribution in [2.75, 3.05) is 19.8 Å². The molecule has 5 atom stereocenters. The molecule has 7 rings (SSSR count). The number of imide groups is 1. The summed E-state index contributed by atoms with van der Waals surface area (Å²) < 4.78 is 40.1. The molecule has 0 aromatic heterocycles. The Morgan fingerprint density at radius 3 is 1.39 bits per heavy atom. The SMILES string of the molecule is O=C1c2ccccc2C(=O)N1CCCCCCCCO[C@H]1O[C@H](COCc2ccccc2)[C@@H](OCc2ccccc2)[C@H](OCc2ccccc2)[C@@H]1OCc1ccccc1. The first-order valence-electron chi connectivity index (χ1n) is 20.9. The van der Waals surface area contributed by atoms with Gasteiger partial charge in [-0.05, 0) is 47.2 Å². The van der Waals surface area contributed by atoms with E-state index < -0.39 is 30.7 Å². The first-order valence-corrected chi connectivity index (χ1v) is 20.9. The van der Waals surface area contributed by atoms with Crippen LogP contribution in [0.15, 0.2) is 146 Å². The van der Waals surface area contributed by atoms with Crippen LogP contribution in [0.3, 0.4) is 0 Å². The molecule has 1 fully saturated rings. The maximum Gasteiger partial charge on any atom is 0.261 e. The minimum Gasteiger partial charge on any atom is -0.374 e. The summed E-state index contributed by atoms with van der Waals surface area (Å²) in [6, 6.07) is 47.5. The molecule has 0 aliphatic carbocycles. The fraction of sp³-hybridized carbons (Fsp3) is 0.360. The maximum absolute atomic E-state index is 12.7. The van der Waals surface area contributed by atoms with E-state index in [1.807, 2.05) is 109 Å². The van der Waals surface area contributed by atoms with Crippen LogP contribution in [-0.2, 0) is 54.8 Å². The average molecular weight is 798 g/mol. The summed E-state index contributed by atoms with van der Waals surface area (Å²) >= 11 is 0. The molecule has 0 bridgehead atoms. The fourth-order valence-electron chi connectivity index (χ4n) is 7.60. The third-order valence-electron chi connectivity index (χ3n) is 10.8. The molecule has 2 aliphatic heterocycles. The van der Waals surface area contributed by atoms with Gasteiger partial charge >= 0.3 is 0 Å². The van der Waals surface area contributed by atoms with Gasteiger partial charge in [-0.3, -0.25) is 14.5 Å². The van der Waals surface area contributed by atoms with Crippen molar-refractivity contribution in [2.45, 2.75) is 95.7 Å². The molecule has 0 unspecified atom stereocenters. The monoisotopic (exact) mass is 797 g/mol. The van der Waals surface area contributed by atoms with Crippen LogP contribution in [-0.4, -0.2) is 67.2 Å². The third kappa shape index (κ3) is 12.0. The standard InChI is InChI=1S/C50H55NO8/c52-48-42-29-17-18-30-43(42)49(53)51(48)31-19-3-1-2-4-20-32-55-50-47(58-36-41-27-15-8-16-28-41)46(57-35-40-25-13-7-14-26-40)45(56-34-39-23-11-6-12-24-39)44(59-50)37-54-33-38-21-9-5-10-22-38/h5-18,21-30,44-47,50H,1-4,19-20,31-37H2/t44-,45-,46+,47+,50+/m1/s1. The van der Waals surface area contributed by atoms with E-state index in [0.29, 0.717) is 50.7 Å². The van der Waals surface area contributed by atoms with Gasteiger partial charge in [-0.1, -0.05) is 159 Å². The summed E-state index contributed by atoms with van der Waals surface area (Å²) in [7, 11) is 0. The summed E-state index contributed by atoms with van der Waals surface area (Å²) in [4.78, 5) is 26.8. The second-order valence-corrected chi connectivity index (χ2v) is 15.1. The maximum atomic E-state index is 12.7. The number of hydrogen-bond donors (Lipinski definition) is 0. The molecule has 0 radical (unpaired) electrons. The van der Waals surface area contributed by atoms with Gasteiger partial charge in [-0.2, -0.15) is 0 Å². The van der Waals surface area contributed by atoms with E-state index in [1.54, 1.807) is 24.3 Å². The highest BCUT2D eigenvalue weighted by atomic mass is 16.7. The highest BCUT2D eigenvalue weighted by molar-refractivity contribution is 6.21. The Kier molecular flexibility index (Phi) is 16.0. The number of unbranched alkanes of at least 4 members (excludes halogenated alkanes) is 5. The molecule has 9 nitrogen and oxygen atoms in total. The Balaban J connectivity index is 1.00. The van der Waals surface area contributed by atoms with E-state index in [1.165, 1.54) is 4.90 Å². The molecule has 59 heavy (non-hydrogen) atoms. The molecule has 1 saturated heterocycles. The lowest BCUT2D eigenvalue weighted by atomic mass is 9.97. The molecular formula is C50H55NO8. The Labute approximate surface area is 348 Å². The third-order valence-corrected chi connectivity index (χ3v) is 10.8. The predicted octanol–water partition coefficient (Wildman–Crippen LogP) is 9.34. The van der Waals surface area contributed by atoms with Crippen molar-refractivity contribution in [3.63, 3.8) is 0 Å². The zero-order valence-corrected chi connectivity index (χ0v) is 33.6. The number of amides is 2. The number of fused-ring (bicyclic) bond motifs is 1. The van der Waals surface area contributed by atoms with Gasteiger partial charge in [0.25, 0.3) is 11.8 Å². The Morgan fingerprint density at radius 1 is 0.441 bits per heavy atom. The first-order chi connectivity index (χ1) is 29.1. The van der Waals surface area contributed by atoms with E-state index in [0.717, 1.165) is 60.8 Å². The van der Waals surface area contributed by atoms with Gasteiger partial charge in [0.15, 0.2) is 6.29 Å². The van der Waals surface area contributed by atoms with Gasteiger partial charge in [0, 0.05) is 13.2 Å². The minimum absolute atomic E-state index is 0.189. The van der Waals surface area contributed by atoms with E-state index in [9.17, 15) is 9.59 Å². The number of nitrogens with zero attached hydrogens (tertiary/aromatic N) is 1. The molecule has 0 spiro atoms. The second-order valence-electron chi connectivity index (χ2n) is 15.1. The Bertz CT molecular complexity index is 1960. The van der Waals surface area contributed by atoms with Crippen LogP contribution in [0.5, 0.6) is 0 Å². The zero-order chi connectivity index (χ0) is 40.5. The molecule has 9 heteroatoms. The highest BCUT2D eigenvalue weighted by Gasteiger charge is 2.49. The molecule has 5 aromatic rings. The number of carbonyl (C=O) groups excluding carboxylic acids is 2. The minimum atomic E-state index is -0.735. The summed E-state index contributed by atoms with van der Waals surface area (Å²) in [6.45, 7) is 2.69. The summed E-state index contributed by atoms with van der Waals surface area (Å²) in [5.74, 6) is -0.379. The van der Waals surface area contributed by atoms with E-state index in [4.69, 9.17) is 28.4 Å². The lowest BCUT2D eigenvalue weighted by Crippen LogP contribution is -2.61. The lowest BCUT2D eigenvalue weighted by Gasteiger charge is -2.46. The summed E-state index contributed by atoms with van der Waals surface area (Å²) in [5, 5.41) is 0. The molecule has 308 valence electrons. The van der Waals surface area contributed by atoms with Crippen LogP contribution in [0.1, 0.15) is 81.5 Å². The van der Waals surface area contributed by atoms with Crippen molar-refractivity contribution in [3.8, 4) is 0 Å². The molecular weight excluding hydrogens is 743 g/mol. The van der Waals surface area contributed by atoms with E-state index >= 15 is 0 Å². The smallest absolute Gasteiger partial charge is 0.261 e. The zero-order valence-electron chi connectivity index (χ0n) is 33.6. The molecule has 2 amide bonds. The number of rotatable bonds is 23. The number of benzene rings is 5. The first kappa shape index (κ1) is 42.1. The van der Waals surface area contributed by atoms with Gasteiger partial charge in [0.1, 0.15) is 24.4 Å². The van der Waals surface area contributed by atoms with E-state index in [2.05, 4.69) is 12.1 Å². The Morgan fingerprint density at radius 2 is 0.864 bits per heavy atom. The number of carbonyl (C=O) groups is 2. The van der Waals surface area contributed by atoms with Gasteiger partial charge in [0.2, 0.25) is 0 Å². The van der Waals surface area contributed by atoms with Crippen LogP contribution in [0.25, 0.3) is 0 Å². The van der Waals surface area contributed by atoms with Crippen LogP contribution >= 0.6 is 0 Å². The molecule has 0 N–H and O–H groups in total. The highest BCUT2D eigenvalue weighted by Crippen LogP contribution is 2.32. The van der Waals surface area contributed by atoms with Crippen molar-refractivity contribution < 1.29 is 38.0 Å². The Hall–Kier alpha value is -5.00. The van der Waals surface area contributed by atoms with Crippen molar-refractivity contribution >= 4 is 11.8 Å². The van der Waals surface area contributed by atoms with Crippen LogP contribution in [0.4, 0.5) is 0 Å². The lowest BCUT2D eigenvalue weighted by molar-refractivity contribution is -0.328. The number of ether oxygens (including phenoxy) is 6. The van der Waals surface area contributed by atoms with Crippen LogP contribution in [0, 0.1) is 0 Å². The fourth-order valence-corrected chi connectivity index (χ4v) is 7.60. The number of hydrogen-bond acceptors (Lipinski definition) is 8. The van der Waals surface area contributed by atoms with Gasteiger partial charge in [-0.25, -0.2) is 0 Å². The summed E-state index contributed by atoms with van der Waals surface area (Å²) in [6.07, 6.45) is 2.61. The van der Waals surface area contributed by atoms with Crippen molar-refractivity contribution in [1.29, 1.82) is 0 Å². The molecule has 5 aromatic carbocycles. The van der Waals surface area contributed by atoms with Crippen molar-refractivity contribution in [1.82, 2.24) is 4.90 Å². The molecule has 2 aliphatic rings. The average Bonchev–Trinajstić information content (AvgIpc) is 3.53. The summed E-state index contributed by atoms with van der Waals surface area (Å²) in [5.41, 5.74) is 5.20. The van der Waals surface area contributed by atoms with Crippen LogP contribution in [0.2, 0.25) is 0 Å². The van der Waals surface area contributed by atoms with Gasteiger partial charge < -0.3 is 28.4 Å². The van der Waals surface area contributed by atoms with Crippen molar-refractivity contribution in [2.24, 2.45) is 0 Å². The van der Waals surface area contributed by atoms with Crippen molar-refractivity contribution in [3.05, 3.63) is 179 Å². The second kappa shape index (κ2) is 22.4. The van der Waals surface area contributed by atoms with Gasteiger partial charge in [0.05, 0.1) is 44.2 Å². The van der Waals surface area contributed by atoms with Crippen LogP contribution < -0.4 is 0 Å². The molecule has 0 saturated carbocycles. The quantitative estimate of drug-likeness (QED) is 0.0477. The van der Waals surface area contributed by atoms with E-state index in [-0.39, 0.29) is 18.4 Å². The predicted molar refractivity (Wildman–Crippen MR) is 225 cm³/mol. The topological polar surface area (TPSA) is 92.8 Å². The van der Waals surface area contributed by atoms with Gasteiger partial charge in [-0.15, -0.1) is 0 Å².